The fraction of sp³-hybridized carbons (Fsp3) is 0.381. The van der Waals surface area contributed by atoms with Crippen LogP contribution in [0.15, 0.2) is 42.5 Å². The zero-order valence-corrected chi connectivity index (χ0v) is 14.6. The molecule has 1 fully saturated rings. The van der Waals surface area contributed by atoms with E-state index in [2.05, 4.69) is 11.0 Å². The van der Waals surface area contributed by atoms with Gasteiger partial charge in [0.25, 0.3) is 0 Å². The summed E-state index contributed by atoms with van der Waals surface area (Å²) in [5.74, 6) is -1.06. The van der Waals surface area contributed by atoms with Crippen LogP contribution < -0.4 is 0 Å². The van der Waals surface area contributed by atoms with Crippen molar-refractivity contribution in [2.75, 3.05) is 19.7 Å². The van der Waals surface area contributed by atoms with Crippen LogP contribution in [0.25, 0.3) is 0 Å². The predicted octanol–water partition coefficient (Wildman–Crippen LogP) is 4.27. The summed E-state index contributed by atoms with van der Waals surface area (Å²) < 4.78 is 32.1. The molecule has 0 unspecified atom stereocenters. The van der Waals surface area contributed by atoms with Crippen molar-refractivity contribution >= 4 is 0 Å². The minimum Gasteiger partial charge on any atom is -0.376 e. The molecule has 1 aliphatic heterocycles. The van der Waals surface area contributed by atoms with Crippen molar-refractivity contribution in [1.29, 1.82) is 5.26 Å². The Balaban J connectivity index is 1.38. The molecule has 136 valence electrons. The van der Waals surface area contributed by atoms with Crippen LogP contribution in [0, 0.1) is 28.9 Å². The third-order valence-corrected chi connectivity index (χ3v) is 4.80. The van der Waals surface area contributed by atoms with E-state index in [9.17, 15) is 8.78 Å². The number of piperidine rings is 1. The monoisotopic (exact) mass is 356 g/mol. The minimum atomic E-state index is -0.799. The highest BCUT2D eigenvalue weighted by molar-refractivity contribution is 5.31. The standard InChI is InChI=1S/C21H22F2N2O/c22-20-6-5-19(11-21(20)23)13-25-9-7-18(8-10-25)15-26-14-17-3-1-16(12-24)2-4-17/h1-6,11,18H,7-10,13-15H2. The molecule has 1 heterocycles. The molecule has 0 saturated carbocycles. The first kappa shape index (κ1) is 18.5. The lowest BCUT2D eigenvalue weighted by Gasteiger charge is -2.31. The molecule has 5 heteroatoms. The number of benzene rings is 2. The Morgan fingerprint density at radius 1 is 1.00 bits per heavy atom. The van der Waals surface area contributed by atoms with Gasteiger partial charge in [0.2, 0.25) is 0 Å². The van der Waals surface area contributed by atoms with E-state index in [1.165, 1.54) is 12.1 Å². The van der Waals surface area contributed by atoms with Crippen LogP contribution >= 0.6 is 0 Å². The molecule has 1 aliphatic rings. The van der Waals surface area contributed by atoms with Crippen LogP contribution in [0.4, 0.5) is 8.78 Å². The van der Waals surface area contributed by atoms with Gasteiger partial charge in [0, 0.05) is 13.2 Å². The fourth-order valence-corrected chi connectivity index (χ4v) is 3.23. The molecule has 0 bridgehead atoms. The highest BCUT2D eigenvalue weighted by atomic mass is 19.2. The van der Waals surface area contributed by atoms with E-state index >= 15 is 0 Å². The smallest absolute Gasteiger partial charge is 0.159 e. The van der Waals surface area contributed by atoms with E-state index in [-0.39, 0.29) is 0 Å². The van der Waals surface area contributed by atoms with Crippen LogP contribution in [0.2, 0.25) is 0 Å². The molecule has 26 heavy (non-hydrogen) atoms. The molecule has 0 aromatic heterocycles. The van der Waals surface area contributed by atoms with Gasteiger partial charge in [0.1, 0.15) is 0 Å². The Morgan fingerprint density at radius 2 is 1.69 bits per heavy atom. The van der Waals surface area contributed by atoms with Gasteiger partial charge in [-0.05, 0) is 67.2 Å². The first-order chi connectivity index (χ1) is 12.6. The normalized spacial score (nSPS) is 15.7. The van der Waals surface area contributed by atoms with Crippen molar-refractivity contribution in [3.63, 3.8) is 0 Å². The number of hydrogen-bond acceptors (Lipinski definition) is 3. The average Bonchev–Trinajstić information content (AvgIpc) is 2.67. The Kier molecular flexibility index (Phi) is 6.32. The number of nitrogens with zero attached hydrogens (tertiary/aromatic N) is 2. The second-order valence-electron chi connectivity index (χ2n) is 6.79. The van der Waals surface area contributed by atoms with Crippen molar-refractivity contribution in [2.45, 2.75) is 26.0 Å². The van der Waals surface area contributed by atoms with Gasteiger partial charge >= 0.3 is 0 Å². The number of nitriles is 1. The average molecular weight is 356 g/mol. The Morgan fingerprint density at radius 3 is 2.35 bits per heavy atom. The largest absolute Gasteiger partial charge is 0.376 e. The maximum absolute atomic E-state index is 13.3. The van der Waals surface area contributed by atoms with E-state index in [1.54, 1.807) is 18.2 Å². The lowest BCUT2D eigenvalue weighted by Crippen LogP contribution is -2.34. The molecule has 2 aromatic rings. The summed E-state index contributed by atoms with van der Waals surface area (Å²) in [5.41, 5.74) is 2.53. The molecule has 0 atom stereocenters. The minimum absolute atomic E-state index is 0.523. The van der Waals surface area contributed by atoms with E-state index in [0.29, 0.717) is 24.6 Å². The highest BCUT2D eigenvalue weighted by Gasteiger charge is 2.19. The number of hydrogen-bond donors (Lipinski definition) is 0. The zero-order valence-electron chi connectivity index (χ0n) is 14.6. The molecule has 0 spiro atoms. The van der Waals surface area contributed by atoms with Crippen molar-refractivity contribution in [2.24, 2.45) is 5.92 Å². The van der Waals surface area contributed by atoms with Crippen LogP contribution in [0.5, 0.6) is 0 Å². The molecule has 0 aliphatic carbocycles. The maximum Gasteiger partial charge on any atom is 0.159 e. The van der Waals surface area contributed by atoms with Crippen LogP contribution in [-0.4, -0.2) is 24.6 Å². The van der Waals surface area contributed by atoms with Gasteiger partial charge in [-0.25, -0.2) is 8.78 Å². The molecule has 0 radical (unpaired) electrons. The summed E-state index contributed by atoms with van der Waals surface area (Å²) in [4.78, 5) is 2.27. The molecular formula is C21H22F2N2O. The first-order valence-corrected chi connectivity index (χ1v) is 8.87. The van der Waals surface area contributed by atoms with Crippen molar-refractivity contribution in [3.8, 4) is 6.07 Å². The van der Waals surface area contributed by atoms with Gasteiger partial charge in [0.05, 0.1) is 18.2 Å². The summed E-state index contributed by atoms with van der Waals surface area (Å²) >= 11 is 0. The first-order valence-electron chi connectivity index (χ1n) is 8.87. The summed E-state index contributed by atoms with van der Waals surface area (Å²) in [6.45, 7) is 3.80. The van der Waals surface area contributed by atoms with E-state index in [4.69, 9.17) is 10.00 Å². The van der Waals surface area contributed by atoms with Gasteiger partial charge in [-0.3, -0.25) is 4.90 Å². The number of likely N-dealkylation sites (tertiary alicyclic amines) is 1. The van der Waals surface area contributed by atoms with Crippen molar-refractivity contribution in [3.05, 3.63) is 70.8 Å². The second kappa shape index (κ2) is 8.88. The van der Waals surface area contributed by atoms with Crippen LogP contribution in [0.3, 0.4) is 0 Å². The second-order valence-corrected chi connectivity index (χ2v) is 6.79. The summed E-state index contributed by atoms with van der Waals surface area (Å²) in [7, 11) is 0. The molecule has 0 N–H and O–H groups in total. The Labute approximate surface area is 152 Å². The third kappa shape index (κ3) is 5.10. The van der Waals surface area contributed by atoms with E-state index in [0.717, 1.165) is 43.7 Å². The third-order valence-electron chi connectivity index (χ3n) is 4.80. The van der Waals surface area contributed by atoms with E-state index in [1.807, 2.05) is 12.1 Å². The SMILES string of the molecule is N#Cc1ccc(COCC2CCN(Cc3ccc(F)c(F)c3)CC2)cc1. The lowest BCUT2D eigenvalue weighted by atomic mass is 9.97. The Hall–Kier alpha value is -2.29. The van der Waals surface area contributed by atoms with Crippen molar-refractivity contribution in [1.82, 2.24) is 4.90 Å². The van der Waals surface area contributed by atoms with Gasteiger partial charge in [-0.15, -0.1) is 0 Å². The summed E-state index contributed by atoms with van der Waals surface area (Å²) in [5, 5.41) is 8.79. The van der Waals surface area contributed by atoms with Crippen molar-refractivity contribution < 1.29 is 13.5 Å². The Bertz CT molecular complexity index is 763. The number of rotatable bonds is 6. The number of halogens is 2. The predicted molar refractivity (Wildman–Crippen MR) is 95.2 cm³/mol. The van der Waals surface area contributed by atoms with Crippen LogP contribution in [-0.2, 0) is 17.9 Å². The number of ether oxygens (including phenoxy) is 1. The van der Waals surface area contributed by atoms with E-state index < -0.39 is 11.6 Å². The maximum atomic E-state index is 13.3. The molecule has 2 aromatic carbocycles. The van der Waals surface area contributed by atoms with Gasteiger partial charge < -0.3 is 4.74 Å². The molecule has 0 amide bonds. The van der Waals surface area contributed by atoms with Gasteiger partial charge in [-0.2, -0.15) is 5.26 Å². The summed E-state index contributed by atoms with van der Waals surface area (Å²) in [6, 6.07) is 13.7. The fourth-order valence-electron chi connectivity index (χ4n) is 3.23. The lowest BCUT2D eigenvalue weighted by molar-refractivity contribution is 0.0562. The molecular weight excluding hydrogens is 334 g/mol. The summed E-state index contributed by atoms with van der Waals surface area (Å²) in [6.07, 6.45) is 2.08. The molecule has 3 rings (SSSR count). The molecule has 1 saturated heterocycles. The quantitative estimate of drug-likeness (QED) is 0.776. The van der Waals surface area contributed by atoms with Gasteiger partial charge in [0.15, 0.2) is 11.6 Å². The molecule has 3 nitrogen and oxygen atoms in total. The zero-order chi connectivity index (χ0) is 18.4. The van der Waals surface area contributed by atoms with Crippen LogP contribution in [0.1, 0.15) is 29.5 Å². The topological polar surface area (TPSA) is 36.3 Å². The van der Waals surface area contributed by atoms with Gasteiger partial charge in [-0.1, -0.05) is 18.2 Å². The highest BCUT2D eigenvalue weighted by Crippen LogP contribution is 2.20.